The Labute approximate surface area is 87.7 Å². The molecule has 0 radical (unpaired) electrons. The summed E-state index contributed by atoms with van der Waals surface area (Å²) >= 11 is 3.11. The van der Waals surface area contributed by atoms with Gasteiger partial charge in [0.15, 0.2) is 0 Å². The molecule has 0 unspecified atom stereocenters. The number of non-ortho nitro benzene ring substituents is 1. The summed E-state index contributed by atoms with van der Waals surface area (Å²) in [4.78, 5) is 20.1. The van der Waals surface area contributed by atoms with E-state index in [0.29, 0.717) is 10.2 Å². The summed E-state index contributed by atoms with van der Waals surface area (Å²) in [5.74, 6) is 0. The number of rotatable bonds is 3. The van der Waals surface area contributed by atoms with Crippen molar-refractivity contribution < 1.29 is 4.92 Å². The van der Waals surface area contributed by atoms with E-state index in [1.165, 1.54) is 25.2 Å². The number of hydrogen-bond donors (Lipinski definition) is 0. The summed E-state index contributed by atoms with van der Waals surface area (Å²) in [5, 5.41) is 14.1. The number of hydrogen-bond acceptors (Lipinski definition) is 4. The third-order valence-electron chi connectivity index (χ3n) is 1.61. The highest BCUT2D eigenvalue weighted by molar-refractivity contribution is 9.10. The van der Waals surface area contributed by atoms with E-state index in [2.05, 4.69) is 21.2 Å². The molecule has 1 rings (SSSR count). The summed E-state index contributed by atoms with van der Waals surface area (Å²) in [6.45, 7) is 0. The van der Waals surface area contributed by atoms with Crippen molar-refractivity contribution in [3.8, 4) is 0 Å². The highest BCUT2D eigenvalue weighted by Gasteiger charge is 2.11. The summed E-state index contributed by atoms with van der Waals surface area (Å²) in [5.41, 5.74) is 0.436. The van der Waals surface area contributed by atoms with Gasteiger partial charge in [-0.15, -0.1) is 4.91 Å². The first-order chi connectivity index (χ1) is 6.56. The standard InChI is InChI=1S/C7H6BrN3O3/c1-10(9-12)7-3-2-5(11(13)14)4-6(7)8/h2-4H,1H3. The summed E-state index contributed by atoms with van der Waals surface area (Å²) in [6, 6.07) is 4.07. The Kier molecular flexibility index (Phi) is 3.13. The Hall–Kier alpha value is -1.50. The van der Waals surface area contributed by atoms with Crippen LogP contribution in [-0.2, 0) is 0 Å². The van der Waals surface area contributed by atoms with Gasteiger partial charge in [0.25, 0.3) is 5.69 Å². The first kappa shape index (κ1) is 10.6. The average Bonchev–Trinajstić information content (AvgIpc) is 2.16. The molecule has 1 aromatic rings. The molecule has 74 valence electrons. The second kappa shape index (κ2) is 4.14. The van der Waals surface area contributed by atoms with Gasteiger partial charge in [0.2, 0.25) is 0 Å². The second-order valence-electron chi connectivity index (χ2n) is 2.50. The van der Waals surface area contributed by atoms with Crippen molar-refractivity contribution in [1.82, 2.24) is 0 Å². The molecule has 0 aliphatic rings. The number of nitrogens with zero attached hydrogens (tertiary/aromatic N) is 3. The maximum atomic E-state index is 10.4. The van der Waals surface area contributed by atoms with E-state index in [-0.39, 0.29) is 5.69 Å². The van der Waals surface area contributed by atoms with Gasteiger partial charge in [-0.3, -0.25) is 10.1 Å². The van der Waals surface area contributed by atoms with Gasteiger partial charge in [0, 0.05) is 23.7 Å². The molecule has 0 aliphatic carbocycles. The van der Waals surface area contributed by atoms with E-state index >= 15 is 0 Å². The van der Waals surface area contributed by atoms with Crippen molar-refractivity contribution in [1.29, 1.82) is 0 Å². The largest absolute Gasteiger partial charge is 0.270 e. The van der Waals surface area contributed by atoms with Gasteiger partial charge in [-0.25, -0.2) is 5.01 Å². The summed E-state index contributed by atoms with van der Waals surface area (Å²) in [7, 11) is 1.46. The molecule has 0 N–H and O–H groups in total. The minimum Gasteiger partial charge on any atom is -0.258 e. The number of nitro groups is 1. The molecular weight excluding hydrogens is 254 g/mol. The Bertz CT molecular complexity index is 382. The zero-order chi connectivity index (χ0) is 10.7. The van der Waals surface area contributed by atoms with Gasteiger partial charge >= 0.3 is 0 Å². The molecule has 0 spiro atoms. The van der Waals surface area contributed by atoms with E-state index in [0.717, 1.165) is 5.01 Å². The van der Waals surface area contributed by atoms with Gasteiger partial charge < -0.3 is 0 Å². The topological polar surface area (TPSA) is 75.8 Å². The lowest BCUT2D eigenvalue weighted by Gasteiger charge is -2.09. The predicted octanol–water partition coefficient (Wildman–Crippen LogP) is 2.47. The zero-order valence-electron chi connectivity index (χ0n) is 7.18. The minimum atomic E-state index is -0.511. The second-order valence-corrected chi connectivity index (χ2v) is 3.35. The van der Waals surface area contributed by atoms with Crippen molar-refractivity contribution in [2.45, 2.75) is 0 Å². The molecular formula is C7H6BrN3O3. The third-order valence-corrected chi connectivity index (χ3v) is 2.25. The van der Waals surface area contributed by atoms with Crippen LogP contribution in [0.3, 0.4) is 0 Å². The van der Waals surface area contributed by atoms with Crippen LogP contribution in [0.15, 0.2) is 28.0 Å². The van der Waals surface area contributed by atoms with Crippen LogP contribution in [0.2, 0.25) is 0 Å². The molecule has 1 aromatic carbocycles. The highest BCUT2D eigenvalue weighted by Crippen LogP contribution is 2.29. The van der Waals surface area contributed by atoms with Crippen LogP contribution in [0.5, 0.6) is 0 Å². The number of halogens is 1. The highest BCUT2D eigenvalue weighted by atomic mass is 79.9. The Morgan fingerprint density at radius 1 is 1.57 bits per heavy atom. The Balaban J connectivity index is 3.13. The van der Waals surface area contributed by atoms with Crippen molar-refractivity contribution >= 4 is 27.3 Å². The van der Waals surface area contributed by atoms with Crippen LogP contribution in [0.25, 0.3) is 0 Å². The van der Waals surface area contributed by atoms with E-state index in [4.69, 9.17) is 0 Å². The lowest BCUT2D eigenvalue weighted by molar-refractivity contribution is -0.384. The van der Waals surface area contributed by atoms with E-state index in [1.54, 1.807) is 0 Å². The molecule has 0 aromatic heterocycles. The van der Waals surface area contributed by atoms with Crippen LogP contribution < -0.4 is 5.01 Å². The maximum Gasteiger partial charge on any atom is 0.270 e. The lowest BCUT2D eigenvalue weighted by Crippen LogP contribution is -2.07. The van der Waals surface area contributed by atoms with Crippen LogP contribution in [0.1, 0.15) is 0 Å². The van der Waals surface area contributed by atoms with Crippen molar-refractivity contribution in [3.63, 3.8) is 0 Å². The fraction of sp³-hybridized carbons (Fsp3) is 0.143. The number of benzene rings is 1. The molecule has 6 nitrogen and oxygen atoms in total. The molecule has 7 heteroatoms. The monoisotopic (exact) mass is 259 g/mol. The molecule has 0 heterocycles. The van der Waals surface area contributed by atoms with Gasteiger partial charge in [-0.1, -0.05) is 0 Å². The fourth-order valence-corrected chi connectivity index (χ4v) is 1.54. The predicted molar refractivity (Wildman–Crippen MR) is 55.0 cm³/mol. The van der Waals surface area contributed by atoms with Crippen molar-refractivity contribution in [3.05, 3.63) is 37.7 Å². The first-order valence-electron chi connectivity index (χ1n) is 3.57. The molecule has 0 atom stereocenters. The van der Waals surface area contributed by atoms with E-state index in [1.807, 2.05) is 0 Å². The quantitative estimate of drug-likeness (QED) is 0.475. The minimum absolute atomic E-state index is 0.0417. The van der Waals surface area contributed by atoms with Crippen LogP contribution in [0.4, 0.5) is 11.4 Å². The van der Waals surface area contributed by atoms with Gasteiger partial charge in [-0.2, -0.15) is 0 Å². The van der Waals surface area contributed by atoms with Crippen molar-refractivity contribution in [2.75, 3.05) is 12.1 Å². The molecule has 0 saturated heterocycles. The van der Waals surface area contributed by atoms with Crippen LogP contribution in [-0.4, -0.2) is 12.0 Å². The number of anilines is 1. The Morgan fingerprint density at radius 3 is 2.64 bits per heavy atom. The van der Waals surface area contributed by atoms with Crippen LogP contribution in [0, 0.1) is 15.0 Å². The van der Waals surface area contributed by atoms with E-state index < -0.39 is 4.92 Å². The summed E-state index contributed by atoms with van der Waals surface area (Å²) < 4.78 is 0.453. The molecule has 0 bridgehead atoms. The third kappa shape index (κ3) is 2.05. The van der Waals surface area contributed by atoms with Crippen molar-refractivity contribution in [2.24, 2.45) is 5.29 Å². The van der Waals surface area contributed by atoms with Gasteiger partial charge in [0.1, 0.15) is 0 Å². The molecule has 14 heavy (non-hydrogen) atoms. The molecule has 0 fully saturated rings. The normalized spacial score (nSPS) is 9.57. The average molecular weight is 260 g/mol. The number of nitro benzene ring substituents is 1. The van der Waals surface area contributed by atoms with E-state index in [9.17, 15) is 15.0 Å². The zero-order valence-corrected chi connectivity index (χ0v) is 8.76. The summed E-state index contributed by atoms with van der Waals surface area (Å²) in [6.07, 6.45) is 0. The first-order valence-corrected chi connectivity index (χ1v) is 4.36. The SMILES string of the molecule is CN(N=O)c1ccc([N+](=O)[O-])cc1Br. The van der Waals surface area contributed by atoms with Crippen LogP contribution >= 0.6 is 15.9 Å². The lowest BCUT2D eigenvalue weighted by atomic mass is 10.3. The van der Waals surface area contributed by atoms with Gasteiger partial charge in [0.05, 0.1) is 15.9 Å². The smallest absolute Gasteiger partial charge is 0.258 e. The molecule has 0 saturated carbocycles. The number of nitroso groups, excluding NO2 is 1. The molecule has 0 aliphatic heterocycles. The van der Waals surface area contributed by atoms with Gasteiger partial charge in [-0.05, 0) is 22.0 Å². The fourth-order valence-electron chi connectivity index (χ4n) is 0.916. The molecule has 0 amide bonds. The maximum absolute atomic E-state index is 10.4. The Morgan fingerprint density at radius 2 is 2.21 bits per heavy atom.